The summed E-state index contributed by atoms with van der Waals surface area (Å²) in [4.78, 5) is 0. The molecule has 0 aromatic rings. The number of alkyl halides is 1. The van der Waals surface area contributed by atoms with Gasteiger partial charge >= 0.3 is 0 Å². The Morgan fingerprint density at radius 2 is 1.79 bits per heavy atom. The SMILES string of the molecule is O=S(=O)(C1CCOCC1)N1CCC(OCCCl)CC1. The third kappa shape index (κ3) is 4.04. The Labute approximate surface area is 120 Å². The molecule has 0 aromatic carbocycles. The van der Waals surface area contributed by atoms with Crippen molar-refractivity contribution in [1.29, 1.82) is 0 Å². The second kappa shape index (κ2) is 7.22. The van der Waals surface area contributed by atoms with Crippen molar-refractivity contribution in [3.05, 3.63) is 0 Å². The highest BCUT2D eigenvalue weighted by atomic mass is 35.5. The maximum absolute atomic E-state index is 12.5. The molecule has 2 saturated heterocycles. The van der Waals surface area contributed by atoms with E-state index in [1.165, 1.54) is 0 Å². The lowest BCUT2D eigenvalue weighted by Gasteiger charge is -2.34. The zero-order valence-electron chi connectivity index (χ0n) is 11.1. The molecule has 0 aliphatic carbocycles. The molecular weight excluding hydrogens is 290 g/mol. The van der Waals surface area contributed by atoms with E-state index in [4.69, 9.17) is 21.1 Å². The molecule has 0 saturated carbocycles. The van der Waals surface area contributed by atoms with Crippen LogP contribution in [0.25, 0.3) is 0 Å². The van der Waals surface area contributed by atoms with Gasteiger partial charge in [0, 0.05) is 32.2 Å². The quantitative estimate of drug-likeness (QED) is 0.716. The minimum atomic E-state index is -3.16. The molecule has 0 N–H and O–H groups in total. The van der Waals surface area contributed by atoms with Crippen LogP contribution in [0.15, 0.2) is 0 Å². The van der Waals surface area contributed by atoms with Crippen LogP contribution < -0.4 is 0 Å². The van der Waals surface area contributed by atoms with Gasteiger partial charge < -0.3 is 9.47 Å². The van der Waals surface area contributed by atoms with Crippen LogP contribution in [0.3, 0.4) is 0 Å². The molecule has 7 heteroatoms. The Balaban J connectivity index is 1.85. The minimum absolute atomic E-state index is 0.153. The summed E-state index contributed by atoms with van der Waals surface area (Å²) in [5.74, 6) is 0.487. The molecule has 0 bridgehead atoms. The van der Waals surface area contributed by atoms with Crippen LogP contribution in [0.5, 0.6) is 0 Å². The van der Waals surface area contributed by atoms with Gasteiger partial charge in [0.2, 0.25) is 10.0 Å². The number of piperidine rings is 1. The monoisotopic (exact) mass is 311 g/mol. The average Bonchev–Trinajstić information content (AvgIpc) is 2.46. The van der Waals surface area contributed by atoms with E-state index in [1.54, 1.807) is 4.31 Å². The van der Waals surface area contributed by atoms with Gasteiger partial charge in [-0.3, -0.25) is 0 Å². The fourth-order valence-corrected chi connectivity index (χ4v) is 4.67. The molecule has 0 radical (unpaired) electrons. The Morgan fingerprint density at radius 3 is 2.37 bits per heavy atom. The van der Waals surface area contributed by atoms with E-state index < -0.39 is 10.0 Å². The van der Waals surface area contributed by atoms with Gasteiger partial charge in [-0.05, 0) is 25.7 Å². The molecule has 0 atom stereocenters. The lowest BCUT2D eigenvalue weighted by atomic mass is 10.1. The van der Waals surface area contributed by atoms with Crippen LogP contribution in [-0.2, 0) is 19.5 Å². The predicted octanol–water partition coefficient (Wildman–Crippen LogP) is 1.22. The van der Waals surface area contributed by atoms with E-state index in [2.05, 4.69) is 0 Å². The fraction of sp³-hybridized carbons (Fsp3) is 1.00. The molecule has 0 unspecified atom stereocenters. The molecule has 2 aliphatic heterocycles. The van der Waals surface area contributed by atoms with Crippen molar-refractivity contribution < 1.29 is 17.9 Å². The van der Waals surface area contributed by atoms with Crippen molar-refractivity contribution in [2.24, 2.45) is 0 Å². The Morgan fingerprint density at radius 1 is 1.16 bits per heavy atom. The lowest BCUT2D eigenvalue weighted by molar-refractivity contribution is 0.0295. The predicted molar refractivity (Wildman–Crippen MR) is 74.0 cm³/mol. The maximum atomic E-state index is 12.5. The van der Waals surface area contributed by atoms with Crippen molar-refractivity contribution in [3.63, 3.8) is 0 Å². The van der Waals surface area contributed by atoms with Crippen LogP contribution in [0.4, 0.5) is 0 Å². The second-order valence-corrected chi connectivity index (χ2v) is 7.61. The van der Waals surface area contributed by atoms with Gasteiger partial charge in [0.25, 0.3) is 0 Å². The summed E-state index contributed by atoms with van der Waals surface area (Å²) in [6.45, 7) is 2.77. The summed E-state index contributed by atoms with van der Waals surface area (Å²) in [7, 11) is -3.16. The molecule has 112 valence electrons. The van der Waals surface area contributed by atoms with Crippen molar-refractivity contribution in [3.8, 4) is 0 Å². The highest BCUT2D eigenvalue weighted by Crippen LogP contribution is 2.24. The standard InChI is InChI=1S/C12H22ClNO4S/c13-5-10-18-11-1-6-14(7-2-11)19(15,16)12-3-8-17-9-4-12/h11-12H,1-10H2. The Kier molecular flexibility index (Phi) is 5.89. The molecule has 2 aliphatic rings. The Bertz CT molecular complexity index is 362. The molecular formula is C12H22ClNO4S. The van der Waals surface area contributed by atoms with Gasteiger partial charge in [-0.2, -0.15) is 0 Å². The van der Waals surface area contributed by atoms with Crippen molar-refractivity contribution in [2.45, 2.75) is 37.0 Å². The Hall–Kier alpha value is 0.120. The van der Waals surface area contributed by atoms with E-state index >= 15 is 0 Å². The number of hydrogen-bond donors (Lipinski definition) is 0. The number of sulfonamides is 1. The first kappa shape index (κ1) is 15.5. The van der Waals surface area contributed by atoms with E-state index in [1.807, 2.05) is 0 Å². The molecule has 2 heterocycles. The van der Waals surface area contributed by atoms with Crippen LogP contribution in [-0.4, -0.2) is 62.9 Å². The van der Waals surface area contributed by atoms with E-state index in [9.17, 15) is 8.42 Å². The molecule has 5 nitrogen and oxygen atoms in total. The first-order valence-electron chi connectivity index (χ1n) is 6.89. The van der Waals surface area contributed by atoms with E-state index in [0.717, 1.165) is 12.8 Å². The zero-order chi connectivity index (χ0) is 13.7. The average molecular weight is 312 g/mol. The highest BCUT2D eigenvalue weighted by Gasteiger charge is 2.35. The van der Waals surface area contributed by atoms with Gasteiger partial charge in [0.05, 0.1) is 18.0 Å². The third-order valence-electron chi connectivity index (χ3n) is 3.78. The summed E-state index contributed by atoms with van der Waals surface area (Å²) < 4.78 is 37.4. The maximum Gasteiger partial charge on any atom is 0.217 e. The fourth-order valence-electron chi connectivity index (χ4n) is 2.65. The summed E-state index contributed by atoms with van der Waals surface area (Å²) in [5, 5.41) is -0.262. The van der Waals surface area contributed by atoms with Crippen LogP contribution >= 0.6 is 11.6 Å². The van der Waals surface area contributed by atoms with Gasteiger partial charge in [-0.25, -0.2) is 12.7 Å². The first-order valence-corrected chi connectivity index (χ1v) is 8.92. The highest BCUT2D eigenvalue weighted by molar-refractivity contribution is 7.89. The number of ether oxygens (including phenoxy) is 2. The number of rotatable bonds is 5. The van der Waals surface area contributed by atoms with Crippen molar-refractivity contribution in [1.82, 2.24) is 4.31 Å². The van der Waals surface area contributed by atoms with E-state index in [0.29, 0.717) is 51.6 Å². The third-order valence-corrected chi connectivity index (χ3v) is 6.33. The van der Waals surface area contributed by atoms with Crippen LogP contribution in [0, 0.1) is 0 Å². The molecule has 2 rings (SSSR count). The molecule has 0 amide bonds. The molecule has 0 spiro atoms. The number of hydrogen-bond acceptors (Lipinski definition) is 4. The van der Waals surface area contributed by atoms with Crippen molar-refractivity contribution >= 4 is 21.6 Å². The van der Waals surface area contributed by atoms with Crippen molar-refractivity contribution in [2.75, 3.05) is 38.8 Å². The van der Waals surface area contributed by atoms with Gasteiger partial charge in [0.15, 0.2) is 0 Å². The lowest BCUT2D eigenvalue weighted by Crippen LogP contribution is -2.46. The molecule has 0 aromatic heterocycles. The topological polar surface area (TPSA) is 55.8 Å². The van der Waals surface area contributed by atoms with Gasteiger partial charge in [-0.15, -0.1) is 11.6 Å². The second-order valence-electron chi connectivity index (χ2n) is 5.01. The van der Waals surface area contributed by atoms with Gasteiger partial charge in [-0.1, -0.05) is 0 Å². The molecule has 19 heavy (non-hydrogen) atoms. The normalized spacial score (nSPS) is 24.7. The van der Waals surface area contributed by atoms with Gasteiger partial charge in [0.1, 0.15) is 0 Å². The summed E-state index contributed by atoms with van der Waals surface area (Å²) in [5.41, 5.74) is 0. The molecule has 2 fully saturated rings. The van der Waals surface area contributed by atoms with Crippen LogP contribution in [0.2, 0.25) is 0 Å². The van der Waals surface area contributed by atoms with Crippen LogP contribution in [0.1, 0.15) is 25.7 Å². The summed E-state index contributed by atoms with van der Waals surface area (Å²) in [6.07, 6.45) is 2.91. The van der Waals surface area contributed by atoms with E-state index in [-0.39, 0.29) is 11.4 Å². The minimum Gasteiger partial charge on any atom is -0.381 e. The number of nitrogens with zero attached hydrogens (tertiary/aromatic N) is 1. The largest absolute Gasteiger partial charge is 0.381 e. The first-order chi connectivity index (χ1) is 9.14. The number of halogens is 1. The zero-order valence-corrected chi connectivity index (χ0v) is 12.7. The smallest absolute Gasteiger partial charge is 0.217 e. The summed E-state index contributed by atoms with van der Waals surface area (Å²) in [6, 6.07) is 0. The summed E-state index contributed by atoms with van der Waals surface area (Å²) >= 11 is 5.58.